The number of nitrogens with zero attached hydrogens (tertiary/aromatic N) is 2. The molecule has 0 aliphatic carbocycles. The lowest BCUT2D eigenvalue weighted by Crippen LogP contribution is -2.11. The summed E-state index contributed by atoms with van der Waals surface area (Å²) < 4.78 is 26.1. The minimum absolute atomic E-state index is 0.205. The normalized spacial score (nSPS) is 10.9. The van der Waals surface area contributed by atoms with Gasteiger partial charge in [-0.05, 0) is 18.6 Å². The van der Waals surface area contributed by atoms with Crippen LogP contribution in [0.4, 0.5) is 8.78 Å². The van der Waals surface area contributed by atoms with Crippen LogP contribution >= 0.6 is 0 Å². The Balaban J connectivity index is 2.41. The number of halogens is 2. The van der Waals surface area contributed by atoms with E-state index in [-0.39, 0.29) is 5.69 Å². The number of alkyl halides is 2. The van der Waals surface area contributed by atoms with Crippen LogP contribution in [-0.4, -0.2) is 22.0 Å². The second kappa shape index (κ2) is 4.68. The van der Waals surface area contributed by atoms with Crippen molar-refractivity contribution in [1.29, 1.82) is 0 Å². The van der Waals surface area contributed by atoms with Crippen LogP contribution in [0.25, 0.3) is 11.3 Å². The molecule has 18 heavy (non-hydrogen) atoms. The van der Waals surface area contributed by atoms with Crippen LogP contribution in [0.1, 0.15) is 16.1 Å². The van der Waals surface area contributed by atoms with E-state index >= 15 is 0 Å². The van der Waals surface area contributed by atoms with Crippen LogP contribution < -0.4 is 0 Å². The molecule has 0 N–H and O–H groups in total. The van der Waals surface area contributed by atoms with Crippen molar-refractivity contribution in [3.8, 4) is 11.3 Å². The molecule has 5 heteroatoms. The molecule has 2 aromatic rings. The van der Waals surface area contributed by atoms with E-state index < -0.39 is 12.2 Å². The van der Waals surface area contributed by atoms with Gasteiger partial charge in [-0.15, -0.1) is 0 Å². The smallest absolute Gasteiger partial charge is 0.286 e. The number of aryl methyl sites for hydroxylation is 2. The van der Waals surface area contributed by atoms with Crippen LogP contribution in [0.15, 0.2) is 30.3 Å². The summed E-state index contributed by atoms with van der Waals surface area (Å²) in [6.45, 7) is 1.96. The van der Waals surface area contributed by atoms with Gasteiger partial charge in [-0.1, -0.05) is 29.8 Å². The van der Waals surface area contributed by atoms with E-state index in [1.54, 1.807) is 7.05 Å². The monoisotopic (exact) mass is 250 g/mol. The standard InChI is InChI=1S/C13H12F2N2O/c1-8-3-5-9(6-4-8)11-7-10(16-17(11)2)12(18)13(14)15/h3-7,13H,1-2H3. The third-order valence-corrected chi connectivity index (χ3v) is 2.68. The summed E-state index contributed by atoms with van der Waals surface area (Å²) in [5.74, 6) is -1.25. The maximum atomic E-state index is 12.3. The highest BCUT2D eigenvalue weighted by atomic mass is 19.3. The third-order valence-electron chi connectivity index (χ3n) is 2.68. The van der Waals surface area contributed by atoms with Gasteiger partial charge in [-0.3, -0.25) is 9.48 Å². The van der Waals surface area contributed by atoms with Crippen molar-refractivity contribution < 1.29 is 13.6 Å². The van der Waals surface area contributed by atoms with Crippen molar-refractivity contribution in [3.05, 3.63) is 41.6 Å². The van der Waals surface area contributed by atoms with Crippen molar-refractivity contribution in [2.75, 3.05) is 0 Å². The topological polar surface area (TPSA) is 34.9 Å². The van der Waals surface area contributed by atoms with Crippen molar-refractivity contribution in [2.45, 2.75) is 13.3 Å². The highest BCUT2D eigenvalue weighted by molar-refractivity contribution is 5.97. The van der Waals surface area contributed by atoms with E-state index in [1.165, 1.54) is 10.7 Å². The first-order chi connectivity index (χ1) is 8.49. The molecule has 0 bridgehead atoms. The summed E-state index contributed by atoms with van der Waals surface area (Å²) >= 11 is 0. The molecule has 0 atom stereocenters. The van der Waals surface area contributed by atoms with Gasteiger partial charge in [0.2, 0.25) is 5.78 Å². The number of benzene rings is 1. The quantitative estimate of drug-likeness (QED) is 0.785. The molecule has 0 fully saturated rings. The van der Waals surface area contributed by atoms with E-state index in [9.17, 15) is 13.6 Å². The molecule has 1 heterocycles. The summed E-state index contributed by atoms with van der Waals surface area (Å²) in [6, 6.07) is 8.94. The van der Waals surface area contributed by atoms with Gasteiger partial charge in [0.05, 0.1) is 5.69 Å². The fraction of sp³-hybridized carbons (Fsp3) is 0.231. The second-order valence-corrected chi connectivity index (χ2v) is 4.07. The lowest BCUT2D eigenvalue weighted by molar-refractivity contribution is 0.0672. The molecule has 0 saturated heterocycles. The maximum absolute atomic E-state index is 12.3. The van der Waals surface area contributed by atoms with Crippen LogP contribution in [0.3, 0.4) is 0 Å². The Morgan fingerprint density at radius 2 is 1.89 bits per heavy atom. The molecule has 0 radical (unpaired) electrons. The summed E-state index contributed by atoms with van der Waals surface area (Å²) in [7, 11) is 1.62. The van der Waals surface area contributed by atoms with Gasteiger partial charge in [0.15, 0.2) is 0 Å². The summed E-state index contributed by atoms with van der Waals surface area (Å²) in [4.78, 5) is 11.2. The van der Waals surface area contributed by atoms with Gasteiger partial charge >= 0.3 is 6.43 Å². The molecule has 0 spiro atoms. The first kappa shape index (κ1) is 12.4. The number of ketones is 1. The largest absolute Gasteiger partial charge is 0.302 e. The highest BCUT2D eigenvalue weighted by Gasteiger charge is 2.22. The van der Waals surface area contributed by atoms with Gasteiger partial charge < -0.3 is 0 Å². The van der Waals surface area contributed by atoms with Gasteiger partial charge in [0.25, 0.3) is 0 Å². The Hall–Kier alpha value is -2.04. The second-order valence-electron chi connectivity index (χ2n) is 4.07. The van der Waals surface area contributed by atoms with Gasteiger partial charge in [0, 0.05) is 7.05 Å². The average Bonchev–Trinajstić information content (AvgIpc) is 2.71. The third kappa shape index (κ3) is 2.30. The number of hydrogen-bond acceptors (Lipinski definition) is 2. The number of carbonyl (C=O) groups is 1. The molecule has 94 valence electrons. The summed E-state index contributed by atoms with van der Waals surface area (Å²) in [6.07, 6.45) is -3.02. The maximum Gasteiger partial charge on any atom is 0.302 e. The molecule has 0 unspecified atom stereocenters. The zero-order valence-electron chi connectivity index (χ0n) is 10.0. The van der Waals surface area contributed by atoms with Crippen LogP contribution in [0.2, 0.25) is 0 Å². The van der Waals surface area contributed by atoms with Crippen molar-refractivity contribution in [2.24, 2.45) is 7.05 Å². The molecular weight excluding hydrogens is 238 g/mol. The predicted octanol–water partition coefficient (Wildman–Crippen LogP) is 2.84. The molecule has 2 rings (SSSR count). The van der Waals surface area contributed by atoms with E-state index in [0.717, 1.165) is 11.1 Å². The first-order valence-corrected chi connectivity index (χ1v) is 5.42. The van der Waals surface area contributed by atoms with E-state index in [2.05, 4.69) is 5.10 Å². The molecule has 0 amide bonds. The first-order valence-electron chi connectivity index (χ1n) is 5.42. The predicted molar refractivity (Wildman–Crippen MR) is 63.7 cm³/mol. The minimum atomic E-state index is -3.02. The Labute approximate surface area is 103 Å². The summed E-state index contributed by atoms with van der Waals surface area (Å²) in [5.41, 5.74) is 2.37. The zero-order valence-corrected chi connectivity index (χ0v) is 10.0. The lowest BCUT2D eigenvalue weighted by Gasteiger charge is -2.01. The Kier molecular flexibility index (Phi) is 3.23. The fourth-order valence-corrected chi connectivity index (χ4v) is 1.69. The number of hydrogen-bond donors (Lipinski definition) is 0. The van der Waals surface area contributed by atoms with Gasteiger partial charge in [0.1, 0.15) is 5.69 Å². The Bertz CT molecular complexity index is 573. The van der Waals surface area contributed by atoms with E-state index in [1.807, 2.05) is 31.2 Å². The molecular formula is C13H12F2N2O. The number of aromatic nitrogens is 2. The van der Waals surface area contributed by atoms with Gasteiger partial charge in [-0.2, -0.15) is 5.10 Å². The molecule has 3 nitrogen and oxygen atoms in total. The van der Waals surface area contributed by atoms with Crippen molar-refractivity contribution in [1.82, 2.24) is 9.78 Å². The number of rotatable bonds is 3. The average molecular weight is 250 g/mol. The van der Waals surface area contributed by atoms with E-state index in [0.29, 0.717) is 5.69 Å². The Morgan fingerprint density at radius 1 is 1.28 bits per heavy atom. The minimum Gasteiger partial charge on any atom is -0.286 e. The number of carbonyl (C=O) groups excluding carboxylic acids is 1. The Morgan fingerprint density at radius 3 is 2.44 bits per heavy atom. The molecule has 0 saturated carbocycles. The van der Waals surface area contributed by atoms with Crippen LogP contribution in [0.5, 0.6) is 0 Å². The molecule has 1 aromatic heterocycles. The van der Waals surface area contributed by atoms with Crippen LogP contribution in [0, 0.1) is 6.92 Å². The SMILES string of the molecule is Cc1ccc(-c2cc(C(=O)C(F)F)nn2C)cc1. The molecule has 0 aliphatic heterocycles. The fourth-order valence-electron chi connectivity index (χ4n) is 1.69. The van der Waals surface area contributed by atoms with E-state index in [4.69, 9.17) is 0 Å². The molecule has 0 aliphatic rings. The zero-order chi connectivity index (χ0) is 13.3. The van der Waals surface area contributed by atoms with Crippen molar-refractivity contribution in [3.63, 3.8) is 0 Å². The molecule has 1 aromatic carbocycles. The van der Waals surface area contributed by atoms with Crippen LogP contribution in [-0.2, 0) is 7.05 Å². The highest BCUT2D eigenvalue weighted by Crippen LogP contribution is 2.21. The number of Topliss-reactive ketones (excluding diaryl/α,β-unsaturated/α-hetero) is 1. The lowest BCUT2D eigenvalue weighted by atomic mass is 10.1. The van der Waals surface area contributed by atoms with Gasteiger partial charge in [-0.25, -0.2) is 8.78 Å². The van der Waals surface area contributed by atoms with Crippen molar-refractivity contribution >= 4 is 5.78 Å². The summed E-state index contributed by atoms with van der Waals surface area (Å²) in [5, 5.41) is 3.82.